The van der Waals surface area contributed by atoms with Gasteiger partial charge in [0.25, 0.3) is 0 Å². The fourth-order valence-electron chi connectivity index (χ4n) is 1.71. The number of aryl methyl sites for hydroxylation is 1. The van der Waals surface area contributed by atoms with Crippen molar-refractivity contribution in [1.29, 1.82) is 0 Å². The highest BCUT2D eigenvalue weighted by atomic mass is 16.2. The van der Waals surface area contributed by atoms with Crippen molar-refractivity contribution in [3.05, 3.63) is 17.8 Å². The second-order valence-electron chi connectivity index (χ2n) is 3.83. The lowest BCUT2D eigenvalue weighted by atomic mass is 10.2. The van der Waals surface area contributed by atoms with Crippen LogP contribution in [0.4, 0.5) is 11.5 Å². The van der Waals surface area contributed by atoms with E-state index in [0.717, 1.165) is 5.56 Å². The summed E-state index contributed by atoms with van der Waals surface area (Å²) < 4.78 is 0. The predicted molar refractivity (Wildman–Crippen MR) is 58.3 cm³/mol. The van der Waals surface area contributed by atoms with E-state index in [1.165, 1.54) is 0 Å². The van der Waals surface area contributed by atoms with Gasteiger partial charge in [0.05, 0.1) is 5.69 Å². The minimum Gasteiger partial charge on any atom is -0.396 e. The molecule has 0 saturated carbocycles. The molecule has 0 aromatic carbocycles. The van der Waals surface area contributed by atoms with Crippen molar-refractivity contribution in [3.63, 3.8) is 0 Å². The van der Waals surface area contributed by atoms with Crippen LogP contribution in [0.2, 0.25) is 0 Å². The summed E-state index contributed by atoms with van der Waals surface area (Å²) in [6, 6.07) is 1.71. The van der Waals surface area contributed by atoms with Gasteiger partial charge < -0.3 is 11.5 Å². The Kier molecular flexibility index (Phi) is 2.32. The monoisotopic (exact) mass is 206 g/mol. The average Bonchev–Trinajstić information content (AvgIpc) is 2.50. The molecule has 1 aromatic heterocycles. The van der Waals surface area contributed by atoms with Gasteiger partial charge >= 0.3 is 0 Å². The summed E-state index contributed by atoms with van der Waals surface area (Å²) in [6.07, 6.45) is 2.02. The van der Waals surface area contributed by atoms with Gasteiger partial charge in [-0.2, -0.15) is 0 Å². The number of nitrogens with two attached hydrogens (primary N) is 2. The maximum atomic E-state index is 11.6. The largest absolute Gasteiger partial charge is 0.396 e. The lowest BCUT2D eigenvalue weighted by Gasteiger charge is -2.17. The number of nitrogen functional groups attached to an aromatic ring is 1. The van der Waals surface area contributed by atoms with Gasteiger partial charge in [-0.3, -0.25) is 9.69 Å². The van der Waals surface area contributed by atoms with Crippen LogP contribution in [-0.4, -0.2) is 23.5 Å². The Balaban J connectivity index is 2.38. The number of anilines is 2. The molecular formula is C10H14N4O. The lowest BCUT2D eigenvalue weighted by Crippen LogP contribution is -2.29. The van der Waals surface area contributed by atoms with Crippen LogP contribution in [-0.2, 0) is 4.79 Å². The van der Waals surface area contributed by atoms with Gasteiger partial charge in [0.2, 0.25) is 5.91 Å². The molecule has 80 valence electrons. The molecule has 1 aliphatic rings. The summed E-state index contributed by atoms with van der Waals surface area (Å²) >= 11 is 0. The van der Waals surface area contributed by atoms with Crippen molar-refractivity contribution in [2.45, 2.75) is 19.4 Å². The van der Waals surface area contributed by atoms with Crippen LogP contribution in [0.3, 0.4) is 0 Å². The van der Waals surface area contributed by atoms with E-state index in [2.05, 4.69) is 4.98 Å². The highest BCUT2D eigenvalue weighted by Crippen LogP contribution is 2.26. The predicted octanol–water partition coefficient (Wildman–Crippen LogP) is 0.0362. The maximum absolute atomic E-state index is 11.6. The third-order valence-electron chi connectivity index (χ3n) is 2.60. The van der Waals surface area contributed by atoms with Crippen LogP contribution in [0, 0.1) is 6.92 Å². The normalized spacial score (nSPS) is 21.1. The molecule has 0 radical (unpaired) electrons. The number of hydrogen-bond donors (Lipinski definition) is 2. The zero-order chi connectivity index (χ0) is 11.0. The highest BCUT2D eigenvalue weighted by molar-refractivity contribution is 5.97. The smallest absolute Gasteiger partial charge is 0.229 e. The fourth-order valence-corrected chi connectivity index (χ4v) is 1.71. The molecule has 5 nitrogen and oxygen atoms in total. The second kappa shape index (κ2) is 3.51. The van der Waals surface area contributed by atoms with Gasteiger partial charge in [-0.15, -0.1) is 0 Å². The molecule has 1 aromatic rings. The number of hydrogen-bond acceptors (Lipinski definition) is 4. The van der Waals surface area contributed by atoms with Crippen LogP contribution in [0.25, 0.3) is 0 Å². The molecule has 2 heterocycles. The molecule has 1 unspecified atom stereocenters. The van der Waals surface area contributed by atoms with Crippen molar-refractivity contribution < 1.29 is 4.79 Å². The van der Waals surface area contributed by atoms with E-state index >= 15 is 0 Å². The number of aromatic nitrogens is 1. The van der Waals surface area contributed by atoms with Crippen molar-refractivity contribution in [1.82, 2.24) is 4.98 Å². The topological polar surface area (TPSA) is 85.2 Å². The summed E-state index contributed by atoms with van der Waals surface area (Å²) in [5, 5.41) is 0. The average molecular weight is 206 g/mol. The summed E-state index contributed by atoms with van der Waals surface area (Å²) in [5.41, 5.74) is 13.1. The van der Waals surface area contributed by atoms with E-state index in [0.29, 0.717) is 24.5 Å². The van der Waals surface area contributed by atoms with Gasteiger partial charge in [0, 0.05) is 25.2 Å². The SMILES string of the molecule is Cc1ccnc(N2CC(N)CC2=O)c1N. The molecule has 5 heteroatoms. The van der Waals surface area contributed by atoms with Gasteiger partial charge in [0.1, 0.15) is 0 Å². The number of nitrogens with zero attached hydrogens (tertiary/aromatic N) is 2. The van der Waals surface area contributed by atoms with Crippen LogP contribution < -0.4 is 16.4 Å². The van der Waals surface area contributed by atoms with Gasteiger partial charge in [-0.25, -0.2) is 4.98 Å². The van der Waals surface area contributed by atoms with E-state index in [-0.39, 0.29) is 11.9 Å². The van der Waals surface area contributed by atoms with E-state index in [4.69, 9.17) is 11.5 Å². The molecule has 1 fully saturated rings. The number of carbonyl (C=O) groups excluding carboxylic acids is 1. The Labute approximate surface area is 88.1 Å². The van der Waals surface area contributed by atoms with Crippen molar-refractivity contribution in [2.75, 3.05) is 17.2 Å². The summed E-state index contributed by atoms with van der Waals surface area (Å²) in [4.78, 5) is 17.3. The second-order valence-corrected chi connectivity index (χ2v) is 3.83. The van der Waals surface area contributed by atoms with Crippen LogP contribution >= 0.6 is 0 Å². The zero-order valence-electron chi connectivity index (χ0n) is 8.60. The molecule has 1 saturated heterocycles. The number of pyridine rings is 1. The Morgan fingerprint density at radius 1 is 1.60 bits per heavy atom. The Morgan fingerprint density at radius 3 is 2.93 bits per heavy atom. The van der Waals surface area contributed by atoms with E-state index in [1.54, 1.807) is 11.1 Å². The maximum Gasteiger partial charge on any atom is 0.229 e. The Morgan fingerprint density at radius 2 is 2.33 bits per heavy atom. The zero-order valence-corrected chi connectivity index (χ0v) is 8.60. The van der Waals surface area contributed by atoms with Crippen molar-refractivity contribution in [2.24, 2.45) is 5.73 Å². The van der Waals surface area contributed by atoms with Crippen LogP contribution in [0.15, 0.2) is 12.3 Å². The molecule has 1 amide bonds. The summed E-state index contributed by atoms with van der Waals surface area (Å²) in [5.74, 6) is 0.528. The molecule has 0 aliphatic carbocycles. The molecule has 4 N–H and O–H groups in total. The summed E-state index contributed by atoms with van der Waals surface area (Å²) in [6.45, 7) is 2.39. The first-order valence-corrected chi connectivity index (χ1v) is 4.86. The first-order valence-electron chi connectivity index (χ1n) is 4.86. The molecule has 15 heavy (non-hydrogen) atoms. The highest BCUT2D eigenvalue weighted by Gasteiger charge is 2.30. The van der Waals surface area contributed by atoms with Crippen LogP contribution in [0.1, 0.15) is 12.0 Å². The first kappa shape index (κ1) is 9.92. The van der Waals surface area contributed by atoms with E-state index in [1.807, 2.05) is 13.0 Å². The third kappa shape index (κ3) is 1.66. The van der Waals surface area contributed by atoms with Gasteiger partial charge in [-0.1, -0.05) is 0 Å². The summed E-state index contributed by atoms with van der Waals surface area (Å²) in [7, 11) is 0. The molecule has 0 spiro atoms. The number of rotatable bonds is 1. The third-order valence-corrected chi connectivity index (χ3v) is 2.60. The molecule has 1 atom stereocenters. The van der Waals surface area contributed by atoms with Crippen LogP contribution in [0.5, 0.6) is 0 Å². The molecular weight excluding hydrogens is 192 g/mol. The number of carbonyl (C=O) groups is 1. The Bertz CT molecular complexity index is 404. The standard InChI is InChI=1S/C10H14N4O/c1-6-2-3-13-10(9(6)12)14-5-7(11)4-8(14)15/h2-3,7H,4-5,11-12H2,1H3. The molecule has 0 bridgehead atoms. The van der Waals surface area contributed by atoms with E-state index < -0.39 is 0 Å². The quantitative estimate of drug-likeness (QED) is 0.679. The minimum absolute atomic E-state index is 0.00713. The lowest BCUT2D eigenvalue weighted by molar-refractivity contribution is -0.117. The van der Waals surface area contributed by atoms with Crippen molar-refractivity contribution in [3.8, 4) is 0 Å². The first-order chi connectivity index (χ1) is 7.09. The minimum atomic E-state index is -0.112. The fraction of sp³-hybridized carbons (Fsp3) is 0.400. The number of amides is 1. The van der Waals surface area contributed by atoms with E-state index in [9.17, 15) is 4.79 Å². The molecule has 1 aliphatic heterocycles. The van der Waals surface area contributed by atoms with Gasteiger partial charge in [-0.05, 0) is 18.6 Å². The van der Waals surface area contributed by atoms with Gasteiger partial charge in [0.15, 0.2) is 5.82 Å². The molecule has 2 rings (SSSR count). The van der Waals surface area contributed by atoms with Crippen molar-refractivity contribution >= 4 is 17.4 Å². The Hall–Kier alpha value is -1.62.